The summed E-state index contributed by atoms with van der Waals surface area (Å²) in [4.78, 5) is 3.84. The Morgan fingerprint density at radius 1 is 1.00 bits per heavy atom. The standard InChI is InChI=1S/C13H15F6NO2/c1-10(2,3)8-5-4-6-9(20-8)22-7-11(21,12(14,15)16)13(17,18)19/h4-6,21H,7H2,1-3H3. The largest absolute Gasteiger partial charge is 0.474 e. The van der Waals surface area contributed by atoms with Gasteiger partial charge >= 0.3 is 12.4 Å². The fraction of sp³-hybridized carbons (Fsp3) is 0.615. The van der Waals surface area contributed by atoms with E-state index in [1.165, 1.54) is 6.07 Å². The van der Waals surface area contributed by atoms with Crippen LogP contribution in [0.15, 0.2) is 18.2 Å². The zero-order valence-electron chi connectivity index (χ0n) is 12.0. The summed E-state index contributed by atoms with van der Waals surface area (Å²) < 4.78 is 79.5. The number of nitrogens with zero attached hydrogens (tertiary/aromatic N) is 1. The van der Waals surface area contributed by atoms with Crippen molar-refractivity contribution in [2.75, 3.05) is 6.61 Å². The highest BCUT2D eigenvalue weighted by Crippen LogP contribution is 2.43. The Morgan fingerprint density at radius 3 is 1.91 bits per heavy atom. The van der Waals surface area contributed by atoms with Crippen molar-refractivity contribution in [3.05, 3.63) is 23.9 Å². The number of aromatic nitrogens is 1. The van der Waals surface area contributed by atoms with Crippen LogP contribution in [0.2, 0.25) is 0 Å². The highest BCUT2D eigenvalue weighted by molar-refractivity contribution is 5.21. The van der Waals surface area contributed by atoms with Crippen LogP contribution in [0, 0.1) is 0 Å². The third kappa shape index (κ3) is 3.82. The molecule has 0 bridgehead atoms. The fourth-order valence-electron chi connectivity index (χ4n) is 1.42. The Hall–Kier alpha value is -1.51. The maximum Gasteiger partial charge on any atom is 0.429 e. The van der Waals surface area contributed by atoms with E-state index in [2.05, 4.69) is 9.72 Å². The van der Waals surface area contributed by atoms with Crippen LogP contribution in [0.3, 0.4) is 0 Å². The highest BCUT2D eigenvalue weighted by Gasteiger charge is 2.71. The molecule has 0 amide bonds. The number of hydrogen-bond acceptors (Lipinski definition) is 3. The minimum atomic E-state index is -5.92. The third-order valence-corrected chi connectivity index (χ3v) is 2.86. The number of alkyl halides is 6. The van der Waals surface area contributed by atoms with Gasteiger partial charge < -0.3 is 9.84 Å². The molecule has 0 unspecified atom stereocenters. The fourth-order valence-corrected chi connectivity index (χ4v) is 1.42. The lowest BCUT2D eigenvalue weighted by molar-refractivity contribution is -0.373. The molecule has 1 aromatic heterocycles. The zero-order chi connectivity index (χ0) is 17.4. The van der Waals surface area contributed by atoms with Crippen molar-refractivity contribution >= 4 is 0 Å². The molecule has 0 aliphatic rings. The molecule has 0 fully saturated rings. The van der Waals surface area contributed by atoms with Crippen molar-refractivity contribution in [1.29, 1.82) is 0 Å². The Morgan fingerprint density at radius 2 is 1.50 bits per heavy atom. The van der Waals surface area contributed by atoms with Crippen molar-refractivity contribution < 1.29 is 36.2 Å². The quantitative estimate of drug-likeness (QED) is 0.861. The van der Waals surface area contributed by atoms with Gasteiger partial charge in [-0.25, -0.2) is 4.98 Å². The number of halogens is 6. The van der Waals surface area contributed by atoms with Gasteiger partial charge in [0.2, 0.25) is 5.88 Å². The predicted molar refractivity (Wildman–Crippen MR) is 65.5 cm³/mol. The van der Waals surface area contributed by atoms with Crippen molar-refractivity contribution in [2.24, 2.45) is 0 Å². The number of rotatable bonds is 3. The van der Waals surface area contributed by atoms with Crippen LogP contribution in [-0.4, -0.2) is 34.7 Å². The van der Waals surface area contributed by atoms with Crippen LogP contribution in [-0.2, 0) is 5.41 Å². The van der Waals surface area contributed by atoms with Crippen LogP contribution in [0.4, 0.5) is 26.3 Å². The second kappa shape index (κ2) is 5.60. The summed E-state index contributed by atoms with van der Waals surface area (Å²) in [6.45, 7) is 3.27. The molecule has 126 valence electrons. The number of hydrogen-bond donors (Lipinski definition) is 1. The lowest BCUT2D eigenvalue weighted by Gasteiger charge is -2.31. The van der Waals surface area contributed by atoms with E-state index < -0.39 is 35.9 Å². The maximum atomic E-state index is 12.5. The maximum absolute atomic E-state index is 12.5. The summed E-state index contributed by atoms with van der Waals surface area (Å²) in [5.41, 5.74) is -5.00. The summed E-state index contributed by atoms with van der Waals surface area (Å²) >= 11 is 0. The smallest absolute Gasteiger partial charge is 0.429 e. The highest BCUT2D eigenvalue weighted by atomic mass is 19.4. The summed E-state index contributed by atoms with van der Waals surface area (Å²) in [5.74, 6) is -0.431. The van der Waals surface area contributed by atoms with Gasteiger partial charge in [-0.2, -0.15) is 26.3 Å². The van der Waals surface area contributed by atoms with Crippen molar-refractivity contribution in [1.82, 2.24) is 4.98 Å². The molecule has 0 atom stereocenters. The predicted octanol–water partition coefficient (Wildman–Crippen LogP) is 3.61. The van der Waals surface area contributed by atoms with Crippen molar-refractivity contribution in [3.8, 4) is 5.88 Å². The number of aliphatic hydroxyl groups is 1. The van der Waals surface area contributed by atoms with Gasteiger partial charge in [0, 0.05) is 17.2 Å². The minimum Gasteiger partial charge on any atom is -0.474 e. The Kier molecular flexibility index (Phi) is 4.72. The van der Waals surface area contributed by atoms with Crippen LogP contribution < -0.4 is 4.74 Å². The SMILES string of the molecule is CC(C)(C)c1cccc(OCC(O)(C(F)(F)F)C(F)(F)F)n1. The van der Waals surface area contributed by atoms with Gasteiger partial charge in [-0.1, -0.05) is 26.8 Å². The van der Waals surface area contributed by atoms with E-state index in [1.54, 1.807) is 26.8 Å². The molecular formula is C13H15F6NO2. The second-order valence-electron chi connectivity index (χ2n) is 5.76. The first kappa shape index (κ1) is 18.5. The van der Waals surface area contributed by atoms with E-state index in [-0.39, 0.29) is 0 Å². The van der Waals surface area contributed by atoms with E-state index >= 15 is 0 Å². The van der Waals surface area contributed by atoms with E-state index in [1.807, 2.05) is 0 Å². The molecule has 0 radical (unpaired) electrons. The second-order valence-corrected chi connectivity index (χ2v) is 5.76. The van der Waals surface area contributed by atoms with Crippen LogP contribution in [0.25, 0.3) is 0 Å². The van der Waals surface area contributed by atoms with Crippen molar-refractivity contribution in [2.45, 2.75) is 44.1 Å². The molecule has 0 spiro atoms. The third-order valence-electron chi connectivity index (χ3n) is 2.86. The number of pyridine rings is 1. The van der Waals surface area contributed by atoms with E-state index in [4.69, 9.17) is 5.11 Å². The molecule has 0 aliphatic carbocycles. The molecule has 22 heavy (non-hydrogen) atoms. The van der Waals surface area contributed by atoms with E-state index in [0.29, 0.717) is 5.69 Å². The lowest BCUT2D eigenvalue weighted by atomic mass is 9.92. The summed E-state index contributed by atoms with van der Waals surface area (Å²) in [5, 5.41) is 8.97. The van der Waals surface area contributed by atoms with Crippen LogP contribution in [0.1, 0.15) is 26.5 Å². The van der Waals surface area contributed by atoms with E-state index in [0.717, 1.165) is 6.07 Å². The zero-order valence-corrected chi connectivity index (χ0v) is 12.0. The molecule has 9 heteroatoms. The normalized spacial score (nSPS) is 14.1. The molecule has 1 rings (SSSR count). The molecular weight excluding hydrogens is 316 g/mol. The van der Waals surface area contributed by atoms with Gasteiger partial charge in [0.25, 0.3) is 5.60 Å². The molecule has 0 aliphatic heterocycles. The molecule has 0 saturated carbocycles. The topological polar surface area (TPSA) is 42.4 Å². The lowest BCUT2D eigenvalue weighted by Crippen LogP contribution is -2.60. The Labute approximate surface area is 122 Å². The molecule has 1 aromatic rings. The Balaban J connectivity index is 3.01. The molecule has 1 N–H and O–H groups in total. The summed E-state index contributed by atoms with van der Waals surface area (Å²) in [6.07, 6.45) is -11.8. The first-order chi connectivity index (χ1) is 9.68. The summed E-state index contributed by atoms with van der Waals surface area (Å²) in [7, 11) is 0. The van der Waals surface area contributed by atoms with Gasteiger partial charge in [-0.15, -0.1) is 0 Å². The van der Waals surface area contributed by atoms with Crippen LogP contribution in [0.5, 0.6) is 5.88 Å². The van der Waals surface area contributed by atoms with Gasteiger partial charge in [0.05, 0.1) is 0 Å². The Bertz CT molecular complexity index is 504. The number of ether oxygens (including phenoxy) is 1. The molecule has 1 heterocycles. The van der Waals surface area contributed by atoms with Crippen LogP contribution >= 0.6 is 0 Å². The molecule has 0 saturated heterocycles. The summed E-state index contributed by atoms with van der Waals surface area (Å²) in [6, 6.07) is 4.07. The first-order valence-electron chi connectivity index (χ1n) is 6.15. The van der Waals surface area contributed by atoms with Gasteiger partial charge in [-0.05, 0) is 6.07 Å². The monoisotopic (exact) mass is 331 g/mol. The van der Waals surface area contributed by atoms with Gasteiger partial charge in [-0.3, -0.25) is 0 Å². The van der Waals surface area contributed by atoms with Gasteiger partial charge in [0.15, 0.2) is 0 Å². The molecule has 3 nitrogen and oxygen atoms in total. The van der Waals surface area contributed by atoms with E-state index in [9.17, 15) is 26.3 Å². The average Bonchev–Trinajstić information content (AvgIpc) is 2.32. The average molecular weight is 331 g/mol. The minimum absolute atomic E-state index is 0.424. The van der Waals surface area contributed by atoms with Crippen molar-refractivity contribution in [3.63, 3.8) is 0 Å². The first-order valence-corrected chi connectivity index (χ1v) is 6.15. The molecule has 0 aromatic carbocycles. The van der Waals surface area contributed by atoms with Gasteiger partial charge in [0.1, 0.15) is 6.61 Å².